The fraction of sp³-hybridized carbons (Fsp3) is 0.0500. The number of hydrogen-bond donors (Lipinski definition) is 2. The summed E-state index contributed by atoms with van der Waals surface area (Å²) in [6.07, 6.45) is 2.88. The van der Waals surface area contributed by atoms with Crippen LogP contribution in [0.5, 0.6) is 0 Å². The molecule has 4 rings (SSSR count). The standard InChI is InChI=1S/C20H13ClFN3O2/c1-10-15(21)4-3-12-17(6-7-23-18(10)12)25-20(27)14-9-24-16-5-2-11(22)8-13(16)19(14)26/h2-9H,1H3,(H,24,26)(H,23,25,27). The first-order chi connectivity index (χ1) is 13.0. The molecule has 27 heavy (non-hydrogen) atoms. The number of anilines is 1. The highest BCUT2D eigenvalue weighted by atomic mass is 35.5. The number of hydrogen-bond acceptors (Lipinski definition) is 3. The van der Waals surface area contributed by atoms with E-state index in [1.807, 2.05) is 6.92 Å². The summed E-state index contributed by atoms with van der Waals surface area (Å²) in [6.45, 7) is 1.84. The van der Waals surface area contributed by atoms with Crippen LogP contribution < -0.4 is 10.7 Å². The minimum Gasteiger partial charge on any atom is -0.360 e. The average Bonchev–Trinajstić information content (AvgIpc) is 2.66. The Bertz CT molecular complexity index is 1280. The number of aromatic amines is 1. The number of amides is 1. The maximum Gasteiger partial charge on any atom is 0.261 e. The third kappa shape index (κ3) is 2.94. The topological polar surface area (TPSA) is 74.8 Å². The highest BCUT2D eigenvalue weighted by Gasteiger charge is 2.15. The van der Waals surface area contributed by atoms with Gasteiger partial charge in [-0.2, -0.15) is 0 Å². The molecule has 0 aliphatic carbocycles. The zero-order chi connectivity index (χ0) is 19.1. The first-order valence-corrected chi connectivity index (χ1v) is 8.49. The van der Waals surface area contributed by atoms with Crippen molar-refractivity contribution in [1.29, 1.82) is 0 Å². The summed E-state index contributed by atoms with van der Waals surface area (Å²) in [5.74, 6) is -1.14. The van der Waals surface area contributed by atoms with E-state index in [2.05, 4.69) is 15.3 Å². The van der Waals surface area contributed by atoms with Gasteiger partial charge in [0.2, 0.25) is 5.43 Å². The third-order valence-corrected chi connectivity index (χ3v) is 4.85. The molecular weight excluding hydrogens is 369 g/mol. The van der Waals surface area contributed by atoms with Gasteiger partial charge in [0.05, 0.1) is 11.2 Å². The van der Waals surface area contributed by atoms with Crippen molar-refractivity contribution >= 4 is 45.0 Å². The fourth-order valence-electron chi connectivity index (χ4n) is 2.99. The van der Waals surface area contributed by atoms with Crippen molar-refractivity contribution in [2.75, 3.05) is 5.32 Å². The summed E-state index contributed by atoms with van der Waals surface area (Å²) >= 11 is 6.13. The molecule has 0 saturated heterocycles. The number of aromatic nitrogens is 2. The number of benzene rings is 2. The number of fused-ring (bicyclic) bond motifs is 2. The largest absolute Gasteiger partial charge is 0.360 e. The lowest BCUT2D eigenvalue weighted by Gasteiger charge is -2.10. The predicted molar refractivity (Wildman–Crippen MR) is 104 cm³/mol. The molecule has 0 aliphatic heterocycles. The molecule has 0 fully saturated rings. The number of rotatable bonds is 2. The Balaban J connectivity index is 1.78. The summed E-state index contributed by atoms with van der Waals surface area (Å²) in [7, 11) is 0. The summed E-state index contributed by atoms with van der Waals surface area (Å²) in [5, 5.41) is 4.13. The van der Waals surface area contributed by atoms with Gasteiger partial charge < -0.3 is 10.3 Å². The molecule has 4 aromatic rings. The van der Waals surface area contributed by atoms with Crippen LogP contribution in [0.15, 0.2) is 53.6 Å². The number of nitrogens with zero attached hydrogens (tertiary/aromatic N) is 1. The van der Waals surface area contributed by atoms with E-state index < -0.39 is 17.2 Å². The minimum absolute atomic E-state index is 0.108. The highest BCUT2D eigenvalue weighted by Crippen LogP contribution is 2.28. The van der Waals surface area contributed by atoms with Crippen LogP contribution in [0.1, 0.15) is 15.9 Å². The Kier molecular flexibility index (Phi) is 4.12. The van der Waals surface area contributed by atoms with Gasteiger partial charge in [0.1, 0.15) is 11.4 Å². The Labute approximate surface area is 157 Å². The molecule has 134 valence electrons. The molecule has 2 aromatic carbocycles. The van der Waals surface area contributed by atoms with Gasteiger partial charge >= 0.3 is 0 Å². The zero-order valence-electron chi connectivity index (χ0n) is 14.1. The first-order valence-electron chi connectivity index (χ1n) is 8.12. The van der Waals surface area contributed by atoms with Gasteiger partial charge in [0.15, 0.2) is 0 Å². The van der Waals surface area contributed by atoms with Crippen molar-refractivity contribution in [2.45, 2.75) is 6.92 Å². The average molecular weight is 382 g/mol. The van der Waals surface area contributed by atoms with E-state index in [4.69, 9.17) is 11.6 Å². The number of carbonyl (C=O) groups excluding carboxylic acids is 1. The van der Waals surface area contributed by atoms with E-state index in [0.29, 0.717) is 27.1 Å². The number of H-pyrrole nitrogens is 1. The smallest absolute Gasteiger partial charge is 0.261 e. The van der Waals surface area contributed by atoms with Gasteiger partial charge in [-0.3, -0.25) is 14.6 Å². The second kappa shape index (κ2) is 6.48. The quantitative estimate of drug-likeness (QED) is 0.539. The van der Waals surface area contributed by atoms with Gasteiger partial charge in [0, 0.05) is 33.7 Å². The molecule has 7 heteroatoms. The van der Waals surface area contributed by atoms with Crippen LogP contribution in [0.4, 0.5) is 10.1 Å². The van der Waals surface area contributed by atoms with E-state index >= 15 is 0 Å². The Morgan fingerprint density at radius 2 is 2.00 bits per heavy atom. The monoisotopic (exact) mass is 381 g/mol. The van der Waals surface area contributed by atoms with Crippen molar-refractivity contribution in [3.8, 4) is 0 Å². The fourth-order valence-corrected chi connectivity index (χ4v) is 3.15. The summed E-state index contributed by atoms with van der Waals surface area (Å²) < 4.78 is 13.5. The second-order valence-electron chi connectivity index (χ2n) is 6.10. The first kappa shape index (κ1) is 17.2. The van der Waals surface area contributed by atoms with E-state index in [0.717, 1.165) is 11.6 Å². The number of pyridine rings is 2. The van der Waals surface area contributed by atoms with Gasteiger partial charge in [-0.25, -0.2) is 4.39 Å². The minimum atomic E-state index is -0.595. The lowest BCUT2D eigenvalue weighted by atomic mass is 10.1. The normalized spacial score (nSPS) is 11.1. The molecule has 5 nitrogen and oxygen atoms in total. The van der Waals surface area contributed by atoms with E-state index in [-0.39, 0.29) is 10.9 Å². The molecule has 2 heterocycles. The van der Waals surface area contributed by atoms with Crippen molar-refractivity contribution in [3.63, 3.8) is 0 Å². The van der Waals surface area contributed by atoms with Crippen LogP contribution in [0, 0.1) is 12.7 Å². The van der Waals surface area contributed by atoms with Crippen LogP contribution in [0.25, 0.3) is 21.8 Å². The SMILES string of the molecule is Cc1c(Cl)ccc2c(NC(=O)c3c[nH]c4ccc(F)cc4c3=O)ccnc12. The van der Waals surface area contributed by atoms with Crippen LogP contribution in [-0.4, -0.2) is 15.9 Å². The van der Waals surface area contributed by atoms with Crippen molar-refractivity contribution < 1.29 is 9.18 Å². The predicted octanol–water partition coefficient (Wildman–Crippen LogP) is 4.43. The van der Waals surface area contributed by atoms with Crippen molar-refractivity contribution in [1.82, 2.24) is 9.97 Å². The van der Waals surface area contributed by atoms with E-state index in [1.54, 1.807) is 24.4 Å². The molecule has 0 aliphatic rings. The molecule has 0 radical (unpaired) electrons. The van der Waals surface area contributed by atoms with Gasteiger partial charge in [-0.05, 0) is 48.9 Å². The number of aryl methyl sites for hydroxylation is 1. The molecule has 0 atom stereocenters. The Morgan fingerprint density at radius 3 is 2.81 bits per heavy atom. The molecular formula is C20H13ClFN3O2. The number of nitrogens with one attached hydrogen (secondary N) is 2. The molecule has 0 bridgehead atoms. The maximum absolute atomic E-state index is 13.5. The van der Waals surface area contributed by atoms with Crippen molar-refractivity contribution in [2.24, 2.45) is 0 Å². The molecule has 0 unspecified atom stereocenters. The Morgan fingerprint density at radius 1 is 1.19 bits per heavy atom. The van der Waals surface area contributed by atoms with E-state index in [1.165, 1.54) is 18.3 Å². The summed E-state index contributed by atoms with van der Waals surface area (Å²) in [5.41, 5.74) is 1.77. The number of halogens is 2. The van der Waals surface area contributed by atoms with Gasteiger partial charge in [-0.1, -0.05) is 11.6 Å². The van der Waals surface area contributed by atoms with Gasteiger partial charge in [0.25, 0.3) is 5.91 Å². The van der Waals surface area contributed by atoms with Crippen LogP contribution in [0.2, 0.25) is 5.02 Å². The molecule has 2 N–H and O–H groups in total. The lowest BCUT2D eigenvalue weighted by molar-refractivity contribution is 0.102. The number of carbonyl (C=O) groups is 1. The summed E-state index contributed by atoms with van der Waals surface area (Å²) in [6, 6.07) is 8.93. The lowest BCUT2D eigenvalue weighted by Crippen LogP contribution is -2.22. The van der Waals surface area contributed by atoms with E-state index in [9.17, 15) is 14.0 Å². The van der Waals surface area contributed by atoms with Crippen LogP contribution >= 0.6 is 11.6 Å². The van der Waals surface area contributed by atoms with Crippen LogP contribution in [0.3, 0.4) is 0 Å². The third-order valence-electron chi connectivity index (χ3n) is 4.44. The molecule has 1 amide bonds. The zero-order valence-corrected chi connectivity index (χ0v) is 14.9. The Hall–Kier alpha value is -3.25. The molecule has 0 saturated carbocycles. The van der Waals surface area contributed by atoms with Crippen molar-refractivity contribution in [3.05, 3.63) is 81.0 Å². The molecule has 2 aromatic heterocycles. The van der Waals surface area contributed by atoms with Crippen LogP contribution in [-0.2, 0) is 0 Å². The maximum atomic E-state index is 13.5. The molecule has 0 spiro atoms. The highest BCUT2D eigenvalue weighted by molar-refractivity contribution is 6.32. The summed E-state index contributed by atoms with van der Waals surface area (Å²) in [4.78, 5) is 32.4. The van der Waals surface area contributed by atoms with Gasteiger partial charge in [-0.15, -0.1) is 0 Å². The second-order valence-corrected chi connectivity index (χ2v) is 6.51.